The molecule has 1 heterocycles. The number of aromatic nitrogens is 1. The normalized spacial score (nSPS) is 14.0. The molecule has 0 fully saturated rings. The summed E-state index contributed by atoms with van der Waals surface area (Å²) < 4.78 is 34.6. The van der Waals surface area contributed by atoms with Gasteiger partial charge in [-0.2, -0.15) is 0 Å². The van der Waals surface area contributed by atoms with Crippen molar-refractivity contribution in [3.8, 4) is 0 Å². The molecule has 1 amide bonds. The zero-order valence-corrected chi connectivity index (χ0v) is 18.2. The fourth-order valence-electron chi connectivity index (χ4n) is 3.55. The first-order valence-corrected chi connectivity index (χ1v) is 10.3. The zero-order chi connectivity index (χ0) is 22.8. The van der Waals surface area contributed by atoms with E-state index in [1.54, 1.807) is 32.9 Å². The lowest BCUT2D eigenvalue weighted by molar-refractivity contribution is 0.0507. The molecule has 3 rings (SSSR count). The third-order valence-corrected chi connectivity index (χ3v) is 4.78. The Morgan fingerprint density at radius 3 is 2.13 bits per heavy atom. The molecule has 0 radical (unpaired) electrons. The number of ether oxygens (including phenoxy) is 1. The number of amides is 1. The van der Waals surface area contributed by atoms with Crippen molar-refractivity contribution in [1.82, 2.24) is 15.2 Å². The van der Waals surface area contributed by atoms with Crippen molar-refractivity contribution >= 4 is 27.9 Å². The molecule has 31 heavy (non-hydrogen) atoms. The van der Waals surface area contributed by atoms with Crippen LogP contribution in [0.2, 0.25) is 0 Å². The Hall–Kier alpha value is -2.71. The monoisotopic (exact) mass is 433 g/mol. The number of carbonyl (C=O) groups excluding carboxylic acids is 1. The quantitative estimate of drug-likeness (QED) is 0.528. The van der Waals surface area contributed by atoms with Crippen LogP contribution in [0.5, 0.6) is 0 Å². The summed E-state index contributed by atoms with van der Waals surface area (Å²) >= 11 is 0. The summed E-state index contributed by atoms with van der Waals surface area (Å²) in [5.41, 5.74) is 0.878. The molecule has 3 aromatic rings. The highest BCUT2D eigenvalue weighted by atomic mass is 19.1. The molecule has 6 nitrogen and oxygen atoms in total. The predicted octanol–water partition coefficient (Wildman–Crippen LogP) is 3.94. The van der Waals surface area contributed by atoms with Gasteiger partial charge in [0.1, 0.15) is 17.2 Å². The SMILES string of the molecule is C[C@H](CNC[C@H](O)Cn1c2ccc(F)cc2c2cc(F)ccc21)NC(=O)OC(C)(C)C. The lowest BCUT2D eigenvalue weighted by Crippen LogP contribution is -2.44. The molecule has 1 aromatic heterocycles. The van der Waals surface area contributed by atoms with Gasteiger partial charge in [-0.25, -0.2) is 13.6 Å². The topological polar surface area (TPSA) is 75.5 Å². The molecule has 0 saturated carbocycles. The van der Waals surface area contributed by atoms with Crippen molar-refractivity contribution in [2.45, 2.75) is 52.0 Å². The van der Waals surface area contributed by atoms with Crippen molar-refractivity contribution in [2.75, 3.05) is 13.1 Å². The van der Waals surface area contributed by atoms with Crippen molar-refractivity contribution in [2.24, 2.45) is 0 Å². The molecule has 168 valence electrons. The molecule has 0 saturated heterocycles. The van der Waals surface area contributed by atoms with E-state index in [0.29, 0.717) is 17.3 Å². The molecular formula is C23H29F2N3O3. The Balaban J connectivity index is 1.63. The average Bonchev–Trinajstić information content (AvgIpc) is 2.92. The van der Waals surface area contributed by atoms with E-state index in [1.807, 2.05) is 11.5 Å². The van der Waals surface area contributed by atoms with Gasteiger partial charge in [0.05, 0.1) is 12.6 Å². The second-order valence-electron chi connectivity index (χ2n) is 8.79. The molecular weight excluding hydrogens is 404 g/mol. The third-order valence-electron chi connectivity index (χ3n) is 4.78. The molecule has 0 spiro atoms. The average molecular weight is 433 g/mol. The highest BCUT2D eigenvalue weighted by Gasteiger charge is 2.18. The lowest BCUT2D eigenvalue weighted by atomic mass is 10.1. The van der Waals surface area contributed by atoms with Crippen LogP contribution in [0.1, 0.15) is 27.7 Å². The van der Waals surface area contributed by atoms with Crippen LogP contribution in [0.3, 0.4) is 0 Å². The van der Waals surface area contributed by atoms with Gasteiger partial charge >= 0.3 is 6.09 Å². The number of nitrogens with one attached hydrogen (secondary N) is 2. The summed E-state index contributed by atoms with van der Waals surface area (Å²) in [6.45, 7) is 8.19. The van der Waals surface area contributed by atoms with Gasteiger partial charge in [0, 0.05) is 40.9 Å². The van der Waals surface area contributed by atoms with Gasteiger partial charge in [0.25, 0.3) is 0 Å². The maximum absolute atomic E-state index is 13.8. The maximum Gasteiger partial charge on any atom is 0.407 e. The Kier molecular flexibility index (Phi) is 6.81. The third kappa shape index (κ3) is 5.92. The Morgan fingerprint density at radius 1 is 1.06 bits per heavy atom. The number of carbonyl (C=O) groups is 1. The summed E-state index contributed by atoms with van der Waals surface area (Å²) in [6, 6.07) is 8.53. The van der Waals surface area contributed by atoms with E-state index in [2.05, 4.69) is 10.6 Å². The number of halogens is 2. The number of hydrogen-bond acceptors (Lipinski definition) is 4. The van der Waals surface area contributed by atoms with E-state index in [0.717, 1.165) is 11.0 Å². The van der Waals surface area contributed by atoms with Gasteiger partial charge in [-0.15, -0.1) is 0 Å². The van der Waals surface area contributed by atoms with E-state index >= 15 is 0 Å². The van der Waals surface area contributed by atoms with Crippen LogP contribution in [0.15, 0.2) is 36.4 Å². The number of rotatable bonds is 7. The minimum atomic E-state index is -0.748. The Bertz CT molecular complexity index is 1020. The van der Waals surface area contributed by atoms with E-state index in [4.69, 9.17) is 4.74 Å². The molecule has 0 aliphatic rings. The fraction of sp³-hybridized carbons (Fsp3) is 0.435. The molecule has 0 unspecified atom stereocenters. The largest absolute Gasteiger partial charge is 0.444 e. The van der Waals surface area contributed by atoms with Gasteiger partial charge in [-0.1, -0.05) is 0 Å². The molecule has 0 bridgehead atoms. The van der Waals surface area contributed by atoms with Crippen molar-refractivity contribution in [3.63, 3.8) is 0 Å². The number of aliphatic hydroxyl groups excluding tert-OH is 1. The molecule has 8 heteroatoms. The van der Waals surface area contributed by atoms with E-state index in [9.17, 15) is 18.7 Å². The second kappa shape index (κ2) is 9.20. The lowest BCUT2D eigenvalue weighted by Gasteiger charge is -2.22. The highest BCUT2D eigenvalue weighted by Crippen LogP contribution is 2.30. The summed E-state index contributed by atoms with van der Waals surface area (Å²) in [5.74, 6) is -0.797. The molecule has 0 aliphatic carbocycles. The molecule has 2 atom stereocenters. The van der Waals surface area contributed by atoms with Crippen LogP contribution in [0, 0.1) is 11.6 Å². The van der Waals surface area contributed by atoms with Crippen LogP contribution < -0.4 is 10.6 Å². The van der Waals surface area contributed by atoms with Crippen LogP contribution in [0.4, 0.5) is 13.6 Å². The fourth-order valence-corrected chi connectivity index (χ4v) is 3.55. The zero-order valence-electron chi connectivity index (χ0n) is 18.2. The molecule has 2 aromatic carbocycles. The van der Waals surface area contributed by atoms with Crippen molar-refractivity contribution in [3.05, 3.63) is 48.0 Å². The van der Waals surface area contributed by atoms with Crippen molar-refractivity contribution in [1.29, 1.82) is 0 Å². The molecule has 0 aliphatic heterocycles. The first-order valence-electron chi connectivity index (χ1n) is 10.3. The van der Waals surface area contributed by atoms with Crippen LogP contribution in [-0.4, -0.2) is 46.6 Å². The number of hydrogen-bond donors (Lipinski definition) is 3. The van der Waals surface area contributed by atoms with E-state index < -0.39 is 29.4 Å². The number of nitrogens with zero attached hydrogens (tertiary/aromatic N) is 1. The van der Waals surface area contributed by atoms with Gasteiger partial charge in [-0.3, -0.25) is 0 Å². The number of alkyl carbamates (subject to hydrolysis) is 1. The minimum absolute atomic E-state index is 0.193. The van der Waals surface area contributed by atoms with Crippen LogP contribution in [0.25, 0.3) is 21.8 Å². The maximum atomic E-state index is 13.8. The minimum Gasteiger partial charge on any atom is -0.444 e. The number of fused-ring (bicyclic) bond motifs is 3. The highest BCUT2D eigenvalue weighted by molar-refractivity contribution is 6.08. The second-order valence-corrected chi connectivity index (χ2v) is 8.79. The van der Waals surface area contributed by atoms with Crippen LogP contribution in [-0.2, 0) is 11.3 Å². The first kappa shape index (κ1) is 23.0. The van der Waals surface area contributed by atoms with E-state index in [1.165, 1.54) is 24.3 Å². The van der Waals surface area contributed by atoms with Gasteiger partial charge in [0.2, 0.25) is 0 Å². The summed E-state index contributed by atoms with van der Waals surface area (Å²) in [6.07, 6.45) is -1.24. The van der Waals surface area contributed by atoms with Crippen LogP contribution >= 0.6 is 0 Å². The van der Waals surface area contributed by atoms with Gasteiger partial charge in [-0.05, 0) is 64.1 Å². The first-order chi connectivity index (χ1) is 14.5. The smallest absolute Gasteiger partial charge is 0.407 e. The van der Waals surface area contributed by atoms with Gasteiger partial charge in [0.15, 0.2) is 0 Å². The van der Waals surface area contributed by atoms with Gasteiger partial charge < -0.3 is 25.0 Å². The summed E-state index contributed by atoms with van der Waals surface area (Å²) in [4.78, 5) is 11.8. The number of aliphatic hydroxyl groups is 1. The number of benzene rings is 2. The van der Waals surface area contributed by atoms with Crippen molar-refractivity contribution < 1.29 is 23.4 Å². The van der Waals surface area contributed by atoms with E-state index in [-0.39, 0.29) is 19.1 Å². The molecule has 3 N–H and O–H groups in total. The predicted molar refractivity (Wildman–Crippen MR) is 117 cm³/mol. The Morgan fingerprint density at radius 2 is 1.61 bits per heavy atom. The Labute approximate surface area is 180 Å². The summed E-state index contributed by atoms with van der Waals surface area (Å²) in [7, 11) is 0. The summed E-state index contributed by atoms with van der Waals surface area (Å²) in [5, 5.41) is 17.6. The standard InChI is InChI=1S/C23H29F2N3O3/c1-14(27-22(30)31-23(2,3)4)11-26-12-17(29)13-28-20-7-5-15(24)9-18(20)19-10-16(25)6-8-21(19)28/h5-10,14,17,26,29H,11-13H2,1-4H3,(H,27,30)/t14-,17+/m1/s1.